The standard InChI is InChI=1S/C39H49N3O3/c1-28-10-7-15-33(24-28)39(45)41-36-27-34(38(44)40-21-8-13-30-12-4-5-16-35(43)26-30)19-18-32(36)25-31-14-9-22-42(23-20-31)37-17-6-3-11-29(37)2/h3,6-7,10-11,15,17-19,24,27,30-31H,4-5,8-9,12-14,16,20-23,25-26H2,1-2H3,(H,40,44)(H,41,45). The van der Waals surface area contributed by atoms with Gasteiger partial charge in [-0.1, -0.05) is 54.8 Å². The zero-order valence-electron chi connectivity index (χ0n) is 27.1. The van der Waals surface area contributed by atoms with E-state index in [4.69, 9.17) is 0 Å². The molecule has 0 bridgehead atoms. The van der Waals surface area contributed by atoms with Crippen LogP contribution < -0.4 is 15.5 Å². The van der Waals surface area contributed by atoms with E-state index in [9.17, 15) is 14.4 Å². The molecule has 1 aliphatic heterocycles. The van der Waals surface area contributed by atoms with Crippen LogP contribution in [-0.4, -0.2) is 37.2 Å². The molecule has 2 atom stereocenters. The van der Waals surface area contributed by atoms with E-state index >= 15 is 0 Å². The van der Waals surface area contributed by atoms with Gasteiger partial charge < -0.3 is 15.5 Å². The highest BCUT2D eigenvalue weighted by Crippen LogP contribution is 2.30. The van der Waals surface area contributed by atoms with Gasteiger partial charge in [-0.05, 0) is 112 Å². The minimum Gasteiger partial charge on any atom is -0.371 e. The maximum Gasteiger partial charge on any atom is 0.255 e. The minimum absolute atomic E-state index is 0.132. The van der Waals surface area contributed by atoms with Crippen molar-refractivity contribution in [2.75, 3.05) is 29.9 Å². The molecule has 0 spiro atoms. The summed E-state index contributed by atoms with van der Waals surface area (Å²) in [5.41, 5.74) is 6.60. The Kier molecular flexibility index (Phi) is 11.5. The second-order valence-electron chi connectivity index (χ2n) is 13.2. The zero-order valence-corrected chi connectivity index (χ0v) is 27.1. The lowest BCUT2D eigenvalue weighted by atomic mass is 9.91. The topological polar surface area (TPSA) is 78.5 Å². The molecule has 1 heterocycles. The molecule has 0 aromatic heterocycles. The van der Waals surface area contributed by atoms with E-state index in [1.807, 2.05) is 49.4 Å². The minimum atomic E-state index is -0.165. The SMILES string of the molecule is Cc1cccc(C(=O)Nc2cc(C(=O)NCCCC3CCCCC(=O)C3)ccc2CC2CCCN(c3ccccc3C)CC2)c1. The van der Waals surface area contributed by atoms with Gasteiger partial charge in [0.2, 0.25) is 0 Å². The summed E-state index contributed by atoms with van der Waals surface area (Å²) in [5, 5.41) is 6.23. The number of amides is 2. The molecule has 2 unspecified atom stereocenters. The van der Waals surface area contributed by atoms with Crippen molar-refractivity contribution in [2.45, 2.75) is 84.5 Å². The smallest absolute Gasteiger partial charge is 0.255 e. The number of benzene rings is 3. The molecular formula is C39H49N3O3. The number of nitrogens with one attached hydrogen (secondary N) is 2. The number of anilines is 2. The van der Waals surface area contributed by atoms with Gasteiger partial charge in [0.1, 0.15) is 5.78 Å². The maximum absolute atomic E-state index is 13.3. The average Bonchev–Trinajstić information content (AvgIpc) is 3.40. The molecular weight excluding hydrogens is 558 g/mol. The van der Waals surface area contributed by atoms with Crippen molar-refractivity contribution in [1.29, 1.82) is 0 Å². The number of Topliss-reactive ketones (excluding diaryl/α,β-unsaturated/α-hetero) is 1. The lowest BCUT2D eigenvalue weighted by Crippen LogP contribution is -2.25. The highest BCUT2D eigenvalue weighted by molar-refractivity contribution is 6.05. The zero-order chi connectivity index (χ0) is 31.6. The normalized spacial score (nSPS) is 19.0. The van der Waals surface area contributed by atoms with Gasteiger partial charge in [0.15, 0.2) is 0 Å². The van der Waals surface area contributed by atoms with E-state index in [0.29, 0.717) is 47.4 Å². The Morgan fingerprint density at radius 3 is 2.49 bits per heavy atom. The van der Waals surface area contributed by atoms with Crippen LogP contribution in [0.3, 0.4) is 0 Å². The fraction of sp³-hybridized carbons (Fsp3) is 0.462. The van der Waals surface area contributed by atoms with E-state index in [1.165, 1.54) is 11.3 Å². The van der Waals surface area contributed by atoms with E-state index in [0.717, 1.165) is 88.4 Å². The maximum atomic E-state index is 13.3. The van der Waals surface area contributed by atoms with Crippen molar-refractivity contribution >= 4 is 29.0 Å². The Morgan fingerprint density at radius 1 is 0.822 bits per heavy atom. The number of aryl methyl sites for hydroxylation is 2. The summed E-state index contributed by atoms with van der Waals surface area (Å²) in [4.78, 5) is 41.1. The van der Waals surface area contributed by atoms with Gasteiger partial charge in [0.25, 0.3) is 11.8 Å². The van der Waals surface area contributed by atoms with E-state index < -0.39 is 0 Å². The van der Waals surface area contributed by atoms with Crippen LogP contribution in [0.5, 0.6) is 0 Å². The first kappa shape index (κ1) is 32.5. The van der Waals surface area contributed by atoms with Gasteiger partial charge in [-0.3, -0.25) is 14.4 Å². The average molecular weight is 608 g/mol. The summed E-state index contributed by atoms with van der Waals surface area (Å²) >= 11 is 0. The van der Waals surface area contributed by atoms with Crippen molar-refractivity contribution in [2.24, 2.45) is 11.8 Å². The number of hydrogen-bond donors (Lipinski definition) is 2. The predicted molar refractivity (Wildman–Crippen MR) is 183 cm³/mol. The molecule has 2 aliphatic rings. The molecule has 1 saturated carbocycles. The summed E-state index contributed by atoms with van der Waals surface area (Å²) < 4.78 is 0. The number of carbonyl (C=O) groups excluding carboxylic acids is 3. The molecule has 2 fully saturated rings. The van der Waals surface area contributed by atoms with Gasteiger partial charge in [-0.15, -0.1) is 0 Å². The fourth-order valence-corrected chi connectivity index (χ4v) is 7.05. The Labute approximate surface area is 269 Å². The van der Waals surface area contributed by atoms with E-state index in [-0.39, 0.29) is 11.8 Å². The number of ketones is 1. The van der Waals surface area contributed by atoms with Crippen LogP contribution in [0, 0.1) is 25.7 Å². The second kappa shape index (κ2) is 15.9. The molecule has 1 saturated heterocycles. The molecule has 5 rings (SSSR count). The van der Waals surface area contributed by atoms with Gasteiger partial charge in [-0.2, -0.15) is 0 Å². The third kappa shape index (κ3) is 9.29. The Balaban J connectivity index is 1.25. The van der Waals surface area contributed by atoms with Gasteiger partial charge in [-0.25, -0.2) is 0 Å². The number of nitrogens with zero attached hydrogens (tertiary/aromatic N) is 1. The predicted octanol–water partition coefficient (Wildman–Crippen LogP) is 8.06. The molecule has 1 aliphatic carbocycles. The molecule has 2 N–H and O–H groups in total. The first-order valence-corrected chi connectivity index (χ1v) is 17.0. The second-order valence-corrected chi connectivity index (χ2v) is 13.2. The van der Waals surface area contributed by atoms with Crippen LogP contribution in [0.4, 0.5) is 11.4 Å². The monoisotopic (exact) mass is 607 g/mol. The van der Waals surface area contributed by atoms with Crippen molar-refractivity contribution in [3.63, 3.8) is 0 Å². The van der Waals surface area contributed by atoms with Crippen LogP contribution in [-0.2, 0) is 11.2 Å². The highest BCUT2D eigenvalue weighted by Gasteiger charge is 2.22. The van der Waals surface area contributed by atoms with Crippen molar-refractivity contribution in [1.82, 2.24) is 5.32 Å². The van der Waals surface area contributed by atoms with Gasteiger partial charge in [0, 0.05) is 55.0 Å². The van der Waals surface area contributed by atoms with Crippen molar-refractivity contribution < 1.29 is 14.4 Å². The molecule has 6 heteroatoms. The largest absolute Gasteiger partial charge is 0.371 e. The summed E-state index contributed by atoms with van der Waals surface area (Å²) in [6.07, 6.45) is 10.7. The van der Waals surface area contributed by atoms with Crippen LogP contribution >= 0.6 is 0 Å². The molecule has 238 valence electrons. The lowest BCUT2D eigenvalue weighted by molar-refractivity contribution is -0.119. The Hall–Kier alpha value is -3.93. The molecule has 3 aromatic rings. The van der Waals surface area contributed by atoms with E-state index in [1.54, 1.807) is 0 Å². The van der Waals surface area contributed by atoms with Crippen LogP contribution in [0.25, 0.3) is 0 Å². The Morgan fingerprint density at radius 2 is 1.64 bits per heavy atom. The number of hydrogen-bond acceptors (Lipinski definition) is 4. The van der Waals surface area contributed by atoms with Crippen molar-refractivity contribution in [3.05, 3.63) is 94.5 Å². The van der Waals surface area contributed by atoms with Crippen LogP contribution in [0.1, 0.15) is 102 Å². The quantitative estimate of drug-likeness (QED) is 0.181. The third-order valence-corrected chi connectivity index (χ3v) is 9.62. The molecule has 45 heavy (non-hydrogen) atoms. The van der Waals surface area contributed by atoms with Gasteiger partial charge in [0.05, 0.1) is 0 Å². The summed E-state index contributed by atoms with van der Waals surface area (Å²) in [5.74, 6) is 1.01. The molecule has 0 radical (unpaired) electrons. The Bertz CT molecular complexity index is 1480. The lowest BCUT2D eigenvalue weighted by Gasteiger charge is -2.25. The number of para-hydroxylation sites is 1. The van der Waals surface area contributed by atoms with Crippen LogP contribution in [0.15, 0.2) is 66.7 Å². The number of carbonyl (C=O) groups is 3. The van der Waals surface area contributed by atoms with E-state index in [2.05, 4.69) is 46.7 Å². The summed E-state index contributed by atoms with van der Waals surface area (Å²) in [6, 6.07) is 22.0. The third-order valence-electron chi connectivity index (χ3n) is 9.62. The molecule has 6 nitrogen and oxygen atoms in total. The molecule has 2 amide bonds. The summed E-state index contributed by atoms with van der Waals surface area (Å²) in [7, 11) is 0. The van der Waals surface area contributed by atoms with Crippen molar-refractivity contribution in [3.8, 4) is 0 Å². The highest BCUT2D eigenvalue weighted by atomic mass is 16.2. The molecule has 3 aromatic carbocycles. The van der Waals surface area contributed by atoms with Gasteiger partial charge >= 0.3 is 0 Å². The van der Waals surface area contributed by atoms with Crippen LogP contribution in [0.2, 0.25) is 0 Å². The number of rotatable bonds is 10. The first-order chi connectivity index (χ1) is 21.9. The first-order valence-electron chi connectivity index (χ1n) is 17.0. The summed E-state index contributed by atoms with van der Waals surface area (Å²) in [6.45, 7) is 6.80. The fourth-order valence-electron chi connectivity index (χ4n) is 7.05.